The third-order valence-electron chi connectivity index (χ3n) is 5.55. The van der Waals surface area contributed by atoms with E-state index in [0.29, 0.717) is 11.2 Å². The molecule has 29 heavy (non-hydrogen) atoms. The summed E-state index contributed by atoms with van der Waals surface area (Å²) in [6.45, 7) is 5.71. The molecule has 0 N–H and O–H groups in total. The number of nitrogens with zero attached hydrogens (tertiary/aromatic N) is 2. The molecule has 3 aromatic rings. The number of carbonyl (C=O) groups is 1. The largest absolute Gasteiger partial charge is 0.461 e. The molecule has 0 spiro atoms. The van der Waals surface area contributed by atoms with Crippen LogP contribution in [0.1, 0.15) is 49.1 Å². The lowest BCUT2D eigenvalue weighted by molar-refractivity contribution is -0.149. The predicted molar refractivity (Wildman–Crippen MR) is 117 cm³/mol. The highest BCUT2D eigenvalue weighted by Crippen LogP contribution is 2.34. The van der Waals surface area contributed by atoms with Crippen LogP contribution in [0.5, 0.6) is 0 Å². The number of thiophene rings is 1. The lowest BCUT2D eigenvalue weighted by atomic mass is 9.97. The highest BCUT2D eigenvalue weighted by Gasteiger charge is 2.24. The minimum Gasteiger partial charge on any atom is -0.461 e. The van der Waals surface area contributed by atoms with Crippen molar-refractivity contribution in [3.63, 3.8) is 0 Å². The number of fused-ring (bicyclic) bond motifs is 3. The molecule has 0 bridgehead atoms. The highest BCUT2D eigenvalue weighted by atomic mass is 32.1. The van der Waals surface area contributed by atoms with E-state index < -0.39 is 5.97 Å². The number of hydrogen-bond acceptors (Lipinski definition) is 5. The second-order valence-electron chi connectivity index (χ2n) is 7.80. The van der Waals surface area contributed by atoms with Crippen LogP contribution >= 0.6 is 11.3 Å². The number of carbonyl (C=O) groups excluding carboxylic acids is 1. The molecule has 2 heterocycles. The van der Waals surface area contributed by atoms with E-state index in [9.17, 15) is 9.59 Å². The average molecular weight is 411 g/mol. The fourth-order valence-corrected chi connectivity index (χ4v) is 5.12. The summed E-state index contributed by atoms with van der Waals surface area (Å²) < 4.78 is 6.96. The van der Waals surface area contributed by atoms with Gasteiger partial charge in [-0.2, -0.15) is 0 Å². The van der Waals surface area contributed by atoms with Gasteiger partial charge in [0.15, 0.2) is 0 Å². The lowest BCUT2D eigenvalue weighted by Gasteiger charge is -2.15. The molecule has 2 aromatic heterocycles. The van der Waals surface area contributed by atoms with Gasteiger partial charge in [-0.15, -0.1) is 11.3 Å². The Morgan fingerprint density at radius 3 is 2.86 bits per heavy atom. The number of esters is 1. The number of aromatic nitrogens is 2. The van der Waals surface area contributed by atoms with Crippen LogP contribution in [0.2, 0.25) is 0 Å². The van der Waals surface area contributed by atoms with Gasteiger partial charge >= 0.3 is 5.97 Å². The van der Waals surface area contributed by atoms with Crippen LogP contribution in [0.25, 0.3) is 21.6 Å². The molecule has 6 heteroatoms. The van der Waals surface area contributed by atoms with Crippen molar-refractivity contribution >= 4 is 27.5 Å². The first kappa shape index (κ1) is 19.8. The molecule has 1 atom stereocenters. The summed E-state index contributed by atoms with van der Waals surface area (Å²) in [4.78, 5) is 33.0. The van der Waals surface area contributed by atoms with Crippen LogP contribution in [-0.4, -0.2) is 21.6 Å². The van der Waals surface area contributed by atoms with Crippen molar-refractivity contribution in [3.05, 3.63) is 50.6 Å². The van der Waals surface area contributed by atoms with E-state index in [1.165, 1.54) is 9.44 Å². The summed E-state index contributed by atoms with van der Waals surface area (Å²) in [7, 11) is 0. The van der Waals surface area contributed by atoms with E-state index >= 15 is 0 Å². The summed E-state index contributed by atoms with van der Waals surface area (Å²) in [5.74, 6) is 0.131. The third kappa shape index (κ3) is 3.86. The van der Waals surface area contributed by atoms with Gasteiger partial charge in [0, 0.05) is 10.4 Å². The first-order chi connectivity index (χ1) is 14.0. The second-order valence-corrected chi connectivity index (χ2v) is 8.88. The van der Waals surface area contributed by atoms with Crippen LogP contribution in [0, 0.1) is 6.92 Å². The van der Waals surface area contributed by atoms with Crippen LogP contribution in [0.4, 0.5) is 0 Å². The molecule has 0 fully saturated rings. The Kier molecular flexibility index (Phi) is 5.54. The normalized spacial score (nSPS) is 14.6. The zero-order chi connectivity index (χ0) is 20.5. The van der Waals surface area contributed by atoms with Crippen molar-refractivity contribution in [2.45, 2.75) is 65.5 Å². The van der Waals surface area contributed by atoms with Gasteiger partial charge in [-0.1, -0.05) is 30.7 Å². The fraction of sp³-hybridized carbons (Fsp3) is 0.435. The molecule has 1 aromatic carbocycles. The molecule has 0 amide bonds. The summed E-state index contributed by atoms with van der Waals surface area (Å²) in [6, 6.07) is 7.88. The molecule has 0 saturated heterocycles. The predicted octanol–water partition coefficient (Wildman–Crippen LogP) is 4.65. The molecule has 0 radical (unpaired) electrons. The van der Waals surface area contributed by atoms with Crippen LogP contribution in [0.3, 0.4) is 0 Å². The van der Waals surface area contributed by atoms with Crippen molar-refractivity contribution in [3.8, 4) is 11.4 Å². The second kappa shape index (κ2) is 8.11. The molecule has 1 aliphatic rings. The van der Waals surface area contributed by atoms with Gasteiger partial charge in [0.1, 0.15) is 17.2 Å². The van der Waals surface area contributed by atoms with Gasteiger partial charge in [0.05, 0.1) is 11.5 Å². The van der Waals surface area contributed by atoms with Crippen molar-refractivity contribution in [2.75, 3.05) is 0 Å². The summed E-state index contributed by atoms with van der Waals surface area (Å²) >= 11 is 1.63. The SMILES string of the molecule is CCC(C)OC(=O)Cn1c(-c2cccc(C)c2)nc2sc3c(c2c1=O)CCCC3. The Morgan fingerprint density at radius 2 is 2.10 bits per heavy atom. The van der Waals surface area contributed by atoms with Gasteiger partial charge < -0.3 is 4.74 Å². The molecule has 152 valence electrons. The maximum Gasteiger partial charge on any atom is 0.326 e. The Balaban J connectivity index is 1.89. The van der Waals surface area contributed by atoms with Crippen molar-refractivity contribution < 1.29 is 9.53 Å². The minimum absolute atomic E-state index is 0.125. The fourth-order valence-electron chi connectivity index (χ4n) is 3.86. The first-order valence-corrected chi connectivity index (χ1v) is 11.1. The van der Waals surface area contributed by atoms with Gasteiger partial charge in [-0.05, 0) is 57.6 Å². The van der Waals surface area contributed by atoms with E-state index in [-0.39, 0.29) is 18.2 Å². The zero-order valence-electron chi connectivity index (χ0n) is 17.2. The standard InChI is InChI=1S/C23H26N2O3S/c1-4-15(3)28-19(26)13-25-21(16-9-7-8-14(2)12-16)24-22-20(23(25)27)17-10-5-6-11-18(17)29-22/h7-9,12,15H,4-6,10-11,13H2,1-3H3. The number of aryl methyl sites for hydroxylation is 3. The average Bonchev–Trinajstić information content (AvgIpc) is 3.08. The van der Waals surface area contributed by atoms with Crippen molar-refractivity contribution in [1.82, 2.24) is 9.55 Å². The van der Waals surface area contributed by atoms with Crippen LogP contribution in [-0.2, 0) is 28.9 Å². The summed E-state index contributed by atoms with van der Waals surface area (Å²) in [5, 5.41) is 0.692. The molecule has 4 rings (SSSR count). The smallest absolute Gasteiger partial charge is 0.326 e. The zero-order valence-corrected chi connectivity index (χ0v) is 18.0. The molecule has 0 saturated carbocycles. The number of benzene rings is 1. The van der Waals surface area contributed by atoms with Gasteiger partial charge in [-0.25, -0.2) is 4.98 Å². The van der Waals surface area contributed by atoms with Gasteiger partial charge in [-0.3, -0.25) is 14.2 Å². The summed E-state index contributed by atoms with van der Waals surface area (Å²) in [5.41, 5.74) is 2.92. The first-order valence-electron chi connectivity index (χ1n) is 10.3. The molecule has 0 aliphatic heterocycles. The Morgan fingerprint density at radius 1 is 1.31 bits per heavy atom. The summed E-state index contributed by atoms with van der Waals surface area (Å²) in [6.07, 6.45) is 4.72. The molecular formula is C23H26N2O3S. The van der Waals surface area contributed by atoms with Gasteiger partial charge in [0.25, 0.3) is 5.56 Å². The number of ether oxygens (including phenoxy) is 1. The topological polar surface area (TPSA) is 61.2 Å². The number of rotatable bonds is 5. The van der Waals surface area contributed by atoms with E-state index in [1.54, 1.807) is 11.3 Å². The molecule has 1 unspecified atom stereocenters. The Bertz CT molecular complexity index is 1130. The quantitative estimate of drug-likeness (QED) is 0.574. The van der Waals surface area contributed by atoms with Gasteiger partial charge in [0.2, 0.25) is 0 Å². The maximum atomic E-state index is 13.6. The highest BCUT2D eigenvalue weighted by molar-refractivity contribution is 7.18. The van der Waals surface area contributed by atoms with E-state index in [1.807, 2.05) is 45.0 Å². The van der Waals surface area contributed by atoms with Crippen molar-refractivity contribution in [1.29, 1.82) is 0 Å². The van der Waals surface area contributed by atoms with Crippen molar-refractivity contribution in [2.24, 2.45) is 0 Å². The third-order valence-corrected chi connectivity index (χ3v) is 6.73. The minimum atomic E-state index is -0.402. The molecular weight excluding hydrogens is 384 g/mol. The molecule has 1 aliphatic carbocycles. The van der Waals surface area contributed by atoms with E-state index in [2.05, 4.69) is 0 Å². The van der Waals surface area contributed by atoms with Crippen LogP contribution < -0.4 is 5.56 Å². The van der Waals surface area contributed by atoms with E-state index in [4.69, 9.17) is 9.72 Å². The number of hydrogen-bond donors (Lipinski definition) is 0. The lowest BCUT2D eigenvalue weighted by Crippen LogP contribution is -2.29. The Labute approximate surface area is 174 Å². The van der Waals surface area contributed by atoms with Crippen LogP contribution in [0.15, 0.2) is 29.1 Å². The Hall–Kier alpha value is -2.47. The monoisotopic (exact) mass is 410 g/mol. The van der Waals surface area contributed by atoms with E-state index in [0.717, 1.165) is 53.6 Å². The molecule has 5 nitrogen and oxygen atoms in total. The maximum absolute atomic E-state index is 13.6.